The standard InChI is InChI=1S/C11H12F2N4/c1-14-5-8-6-17(16-15-8)7-9-10(12)3-2-4-11(9)13/h2-4,6,14H,5,7H2,1H3. The second-order valence-electron chi connectivity index (χ2n) is 3.64. The highest BCUT2D eigenvalue weighted by atomic mass is 19.1. The Kier molecular flexibility index (Phi) is 3.43. The molecular formula is C11H12F2N4. The minimum atomic E-state index is -0.573. The van der Waals surface area contributed by atoms with Gasteiger partial charge in [-0.15, -0.1) is 5.10 Å². The Balaban J connectivity index is 2.19. The molecule has 0 spiro atoms. The Morgan fingerprint density at radius 1 is 1.29 bits per heavy atom. The van der Waals surface area contributed by atoms with Crippen LogP contribution in [0.4, 0.5) is 8.78 Å². The molecule has 1 heterocycles. The van der Waals surface area contributed by atoms with Crippen molar-refractivity contribution in [1.82, 2.24) is 20.3 Å². The summed E-state index contributed by atoms with van der Waals surface area (Å²) in [5, 5.41) is 10.6. The number of nitrogens with zero attached hydrogens (tertiary/aromatic N) is 3. The number of nitrogens with one attached hydrogen (secondary N) is 1. The fourth-order valence-electron chi connectivity index (χ4n) is 1.52. The van der Waals surface area contributed by atoms with Gasteiger partial charge in [0.25, 0.3) is 0 Å². The SMILES string of the molecule is CNCc1cn(Cc2c(F)cccc2F)nn1. The molecule has 2 rings (SSSR count). The molecule has 0 aliphatic carbocycles. The normalized spacial score (nSPS) is 10.8. The summed E-state index contributed by atoms with van der Waals surface area (Å²) in [7, 11) is 1.79. The van der Waals surface area contributed by atoms with Crippen LogP contribution in [0.15, 0.2) is 24.4 Å². The molecule has 0 aliphatic rings. The number of benzene rings is 1. The van der Waals surface area contributed by atoms with Crippen LogP contribution in [0.3, 0.4) is 0 Å². The monoisotopic (exact) mass is 238 g/mol. The minimum Gasteiger partial charge on any atom is -0.314 e. The number of rotatable bonds is 4. The highest BCUT2D eigenvalue weighted by Crippen LogP contribution is 2.13. The van der Waals surface area contributed by atoms with Gasteiger partial charge in [-0.05, 0) is 19.2 Å². The van der Waals surface area contributed by atoms with E-state index < -0.39 is 11.6 Å². The van der Waals surface area contributed by atoms with E-state index in [-0.39, 0.29) is 12.1 Å². The largest absolute Gasteiger partial charge is 0.314 e. The molecule has 0 saturated heterocycles. The van der Waals surface area contributed by atoms with Gasteiger partial charge in [0.1, 0.15) is 11.6 Å². The summed E-state index contributed by atoms with van der Waals surface area (Å²) in [4.78, 5) is 0. The first-order valence-electron chi connectivity index (χ1n) is 5.17. The molecule has 4 nitrogen and oxygen atoms in total. The topological polar surface area (TPSA) is 42.7 Å². The second kappa shape index (κ2) is 5.01. The van der Waals surface area contributed by atoms with Gasteiger partial charge in [-0.2, -0.15) is 0 Å². The lowest BCUT2D eigenvalue weighted by atomic mass is 10.2. The molecule has 0 saturated carbocycles. The van der Waals surface area contributed by atoms with E-state index in [9.17, 15) is 8.78 Å². The van der Waals surface area contributed by atoms with Gasteiger partial charge in [0, 0.05) is 12.1 Å². The van der Waals surface area contributed by atoms with Crippen molar-refractivity contribution in [3.8, 4) is 0 Å². The number of halogens is 2. The van der Waals surface area contributed by atoms with Crippen molar-refractivity contribution in [3.63, 3.8) is 0 Å². The summed E-state index contributed by atoms with van der Waals surface area (Å²) in [6, 6.07) is 3.79. The van der Waals surface area contributed by atoms with Gasteiger partial charge in [0.15, 0.2) is 0 Å². The summed E-state index contributed by atoms with van der Waals surface area (Å²) in [5.74, 6) is -1.15. The van der Waals surface area contributed by atoms with E-state index in [0.29, 0.717) is 6.54 Å². The summed E-state index contributed by atoms with van der Waals surface area (Å²) < 4.78 is 28.2. The van der Waals surface area contributed by atoms with E-state index in [0.717, 1.165) is 5.69 Å². The summed E-state index contributed by atoms with van der Waals surface area (Å²) in [6.45, 7) is 0.606. The maximum atomic E-state index is 13.4. The molecule has 1 aromatic heterocycles. The van der Waals surface area contributed by atoms with Crippen LogP contribution in [0, 0.1) is 11.6 Å². The summed E-state index contributed by atoms with van der Waals surface area (Å²) in [6.07, 6.45) is 1.66. The fourth-order valence-corrected chi connectivity index (χ4v) is 1.52. The summed E-state index contributed by atoms with van der Waals surface area (Å²) in [5.41, 5.74) is 0.720. The summed E-state index contributed by atoms with van der Waals surface area (Å²) >= 11 is 0. The highest BCUT2D eigenvalue weighted by molar-refractivity contribution is 5.19. The predicted octanol–water partition coefficient (Wildman–Crippen LogP) is 1.32. The molecule has 0 bridgehead atoms. The van der Waals surface area contributed by atoms with Gasteiger partial charge < -0.3 is 5.32 Å². The lowest BCUT2D eigenvalue weighted by Crippen LogP contribution is -2.06. The van der Waals surface area contributed by atoms with Crippen LogP contribution in [0.25, 0.3) is 0 Å². The van der Waals surface area contributed by atoms with Crippen LogP contribution in [-0.4, -0.2) is 22.0 Å². The number of aromatic nitrogens is 3. The predicted molar refractivity (Wildman–Crippen MR) is 58.2 cm³/mol. The van der Waals surface area contributed by atoms with E-state index in [4.69, 9.17) is 0 Å². The van der Waals surface area contributed by atoms with Crippen molar-refractivity contribution >= 4 is 0 Å². The molecule has 0 unspecified atom stereocenters. The zero-order chi connectivity index (χ0) is 12.3. The molecule has 2 aromatic rings. The van der Waals surface area contributed by atoms with Crippen LogP contribution in [0.2, 0.25) is 0 Å². The molecule has 17 heavy (non-hydrogen) atoms. The highest BCUT2D eigenvalue weighted by Gasteiger charge is 2.10. The average molecular weight is 238 g/mol. The third-order valence-corrected chi connectivity index (χ3v) is 2.33. The van der Waals surface area contributed by atoms with Crippen LogP contribution < -0.4 is 5.32 Å². The van der Waals surface area contributed by atoms with Crippen molar-refractivity contribution < 1.29 is 8.78 Å². The van der Waals surface area contributed by atoms with E-state index in [1.54, 1.807) is 13.2 Å². The Morgan fingerprint density at radius 3 is 2.65 bits per heavy atom. The van der Waals surface area contributed by atoms with Gasteiger partial charge >= 0.3 is 0 Å². The van der Waals surface area contributed by atoms with Crippen molar-refractivity contribution in [3.05, 3.63) is 47.3 Å². The number of hydrogen-bond donors (Lipinski definition) is 1. The molecule has 90 valence electrons. The Morgan fingerprint density at radius 2 is 2.00 bits per heavy atom. The quantitative estimate of drug-likeness (QED) is 0.873. The molecule has 1 aromatic carbocycles. The van der Waals surface area contributed by atoms with Crippen molar-refractivity contribution in [1.29, 1.82) is 0 Å². The smallest absolute Gasteiger partial charge is 0.131 e. The van der Waals surface area contributed by atoms with Crippen LogP contribution in [-0.2, 0) is 13.1 Å². The maximum Gasteiger partial charge on any atom is 0.131 e. The fraction of sp³-hybridized carbons (Fsp3) is 0.273. The molecule has 0 fully saturated rings. The molecule has 0 aliphatic heterocycles. The van der Waals surface area contributed by atoms with Crippen molar-refractivity contribution in [2.75, 3.05) is 7.05 Å². The van der Waals surface area contributed by atoms with Crippen LogP contribution in [0.5, 0.6) is 0 Å². The zero-order valence-electron chi connectivity index (χ0n) is 9.32. The Labute approximate surface area is 97.3 Å². The van der Waals surface area contributed by atoms with Gasteiger partial charge in [-0.1, -0.05) is 11.3 Å². The van der Waals surface area contributed by atoms with E-state index in [1.165, 1.54) is 22.9 Å². The second-order valence-corrected chi connectivity index (χ2v) is 3.64. The van der Waals surface area contributed by atoms with Crippen molar-refractivity contribution in [2.45, 2.75) is 13.1 Å². The molecule has 6 heteroatoms. The Bertz CT molecular complexity index is 490. The van der Waals surface area contributed by atoms with E-state index >= 15 is 0 Å². The van der Waals surface area contributed by atoms with Gasteiger partial charge in [-0.25, -0.2) is 13.5 Å². The number of hydrogen-bond acceptors (Lipinski definition) is 3. The van der Waals surface area contributed by atoms with Gasteiger partial charge in [0.2, 0.25) is 0 Å². The zero-order valence-corrected chi connectivity index (χ0v) is 9.32. The first-order valence-corrected chi connectivity index (χ1v) is 5.17. The van der Waals surface area contributed by atoms with Crippen LogP contribution in [0.1, 0.15) is 11.3 Å². The molecular weight excluding hydrogens is 226 g/mol. The van der Waals surface area contributed by atoms with Crippen molar-refractivity contribution in [2.24, 2.45) is 0 Å². The third-order valence-electron chi connectivity index (χ3n) is 2.33. The average Bonchev–Trinajstić information content (AvgIpc) is 2.72. The molecule has 1 N–H and O–H groups in total. The lowest BCUT2D eigenvalue weighted by molar-refractivity contribution is 0.528. The molecule has 0 radical (unpaired) electrons. The molecule has 0 atom stereocenters. The maximum absolute atomic E-state index is 13.4. The van der Waals surface area contributed by atoms with Gasteiger partial charge in [-0.3, -0.25) is 0 Å². The van der Waals surface area contributed by atoms with Gasteiger partial charge in [0.05, 0.1) is 18.4 Å². The lowest BCUT2D eigenvalue weighted by Gasteiger charge is -2.03. The van der Waals surface area contributed by atoms with E-state index in [2.05, 4.69) is 15.6 Å². The Hall–Kier alpha value is -1.82. The first-order chi connectivity index (χ1) is 8.20. The van der Waals surface area contributed by atoms with E-state index in [1.807, 2.05) is 0 Å². The van der Waals surface area contributed by atoms with Crippen LogP contribution >= 0.6 is 0 Å². The minimum absolute atomic E-state index is 0.00610. The third kappa shape index (κ3) is 2.65. The first kappa shape index (κ1) is 11.7. The molecule has 0 amide bonds.